The molecule has 0 heterocycles. The van der Waals surface area contributed by atoms with Gasteiger partial charge < -0.3 is 18.9 Å². The summed E-state index contributed by atoms with van der Waals surface area (Å²) in [5.41, 5.74) is 1.06. The van der Waals surface area contributed by atoms with Crippen LogP contribution in [0.15, 0.2) is 42.5 Å². The zero-order chi connectivity index (χ0) is 18.8. The molecule has 0 aromatic heterocycles. The van der Waals surface area contributed by atoms with Crippen molar-refractivity contribution in [3.8, 4) is 17.2 Å². The lowest BCUT2D eigenvalue weighted by Gasteiger charge is -2.12. The summed E-state index contributed by atoms with van der Waals surface area (Å²) in [6.45, 7) is 3.62. The van der Waals surface area contributed by atoms with Crippen LogP contribution < -0.4 is 14.2 Å². The minimum atomic E-state index is 0.376. The van der Waals surface area contributed by atoms with Crippen LogP contribution in [0.5, 0.6) is 17.2 Å². The van der Waals surface area contributed by atoms with E-state index in [-0.39, 0.29) is 0 Å². The van der Waals surface area contributed by atoms with Crippen LogP contribution in [-0.2, 0) is 4.74 Å². The smallest absolute Gasteiger partial charge is 0.161 e. The largest absolute Gasteiger partial charge is 0.493 e. The Morgan fingerprint density at radius 3 is 2.31 bits per heavy atom. The minimum absolute atomic E-state index is 0.376. The lowest BCUT2D eigenvalue weighted by molar-refractivity contribution is 0.0757. The van der Waals surface area contributed by atoms with E-state index in [1.807, 2.05) is 37.3 Å². The van der Waals surface area contributed by atoms with Gasteiger partial charge in [0.25, 0.3) is 0 Å². The normalized spacial score (nSPS) is 10.9. The van der Waals surface area contributed by atoms with Gasteiger partial charge in [0.1, 0.15) is 24.0 Å². The Morgan fingerprint density at radius 1 is 0.885 bits per heavy atom. The third kappa shape index (κ3) is 6.13. The van der Waals surface area contributed by atoms with Crippen molar-refractivity contribution in [2.75, 3.05) is 33.5 Å². The van der Waals surface area contributed by atoms with Gasteiger partial charge in [-0.3, -0.25) is 0 Å². The van der Waals surface area contributed by atoms with Crippen LogP contribution in [0.1, 0.15) is 12.5 Å². The highest BCUT2D eigenvalue weighted by Gasteiger charge is 2.06. The number of methoxy groups -OCH3 is 1. The summed E-state index contributed by atoms with van der Waals surface area (Å²) < 4.78 is 22.1. The lowest BCUT2D eigenvalue weighted by atomic mass is 10.2. The van der Waals surface area contributed by atoms with Crippen LogP contribution in [0.25, 0.3) is 6.08 Å². The molecule has 2 aromatic carbocycles. The van der Waals surface area contributed by atoms with Gasteiger partial charge in [-0.1, -0.05) is 47.5 Å². The molecule has 0 amide bonds. The summed E-state index contributed by atoms with van der Waals surface area (Å²) >= 11 is 12.0. The molecule has 4 nitrogen and oxygen atoms in total. The number of halogens is 2. The van der Waals surface area contributed by atoms with Gasteiger partial charge in [-0.15, -0.1) is 0 Å². The molecule has 0 aliphatic heterocycles. The second-order valence-electron chi connectivity index (χ2n) is 5.27. The summed E-state index contributed by atoms with van der Waals surface area (Å²) in [6.07, 6.45) is 3.98. The molecule has 0 unspecified atom stereocenters. The topological polar surface area (TPSA) is 36.9 Å². The van der Waals surface area contributed by atoms with Crippen molar-refractivity contribution in [2.24, 2.45) is 0 Å². The Balaban J connectivity index is 1.68. The second-order valence-corrected chi connectivity index (χ2v) is 6.06. The Kier molecular flexibility index (Phi) is 8.62. The van der Waals surface area contributed by atoms with Gasteiger partial charge in [0, 0.05) is 0 Å². The SMILES string of the molecule is CC=Cc1ccc(OCCOCCOc2cccc(Cl)c2Cl)c(OC)c1. The Morgan fingerprint density at radius 2 is 1.62 bits per heavy atom. The second kappa shape index (κ2) is 11.0. The van der Waals surface area contributed by atoms with E-state index in [2.05, 4.69) is 0 Å². The molecular weight excluding hydrogens is 375 g/mol. The zero-order valence-corrected chi connectivity index (χ0v) is 16.3. The number of allylic oxidation sites excluding steroid dienone is 1. The van der Waals surface area contributed by atoms with Gasteiger partial charge >= 0.3 is 0 Å². The van der Waals surface area contributed by atoms with E-state index in [1.54, 1.807) is 25.3 Å². The fourth-order valence-electron chi connectivity index (χ4n) is 2.22. The summed E-state index contributed by atoms with van der Waals surface area (Å²) in [6, 6.07) is 11.1. The minimum Gasteiger partial charge on any atom is -0.493 e. The van der Waals surface area contributed by atoms with Gasteiger partial charge in [0.15, 0.2) is 11.5 Å². The van der Waals surface area contributed by atoms with Gasteiger partial charge in [-0.05, 0) is 36.8 Å². The van der Waals surface area contributed by atoms with E-state index in [4.69, 9.17) is 42.1 Å². The van der Waals surface area contributed by atoms with E-state index in [9.17, 15) is 0 Å². The van der Waals surface area contributed by atoms with Crippen molar-refractivity contribution < 1.29 is 18.9 Å². The fourth-order valence-corrected chi connectivity index (χ4v) is 2.56. The van der Waals surface area contributed by atoms with Crippen LogP contribution in [-0.4, -0.2) is 33.5 Å². The maximum absolute atomic E-state index is 6.05. The molecule has 0 aliphatic rings. The van der Waals surface area contributed by atoms with E-state index < -0.39 is 0 Å². The summed E-state index contributed by atoms with van der Waals surface area (Å²) in [7, 11) is 1.62. The van der Waals surface area contributed by atoms with E-state index in [1.165, 1.54) is 0 Å². The first kappa shape index (κ1) is 20.4. The van der Waals surface area contributed by atoms with Crippen molar-refractivity contribution >= 4 is 29.3 Å². The Labute approximate surface area is 164 Å². The average molecular weight is 397 g/mol. The fraction of sp³-hybridized carbons (Fsp3) is 0.300. The number of hydrogen-bond acceptors (Lipinski definition) is 4. The van der Waals surface area contributed by atoms with Gasteiger partial charge in [0.2, 0.25) is 0 Å². The molecule has 2 aromatic rings. The third-order valence-electron chi connectivity index (χ3n) is 3.43. The molecular formula is C20H22Cl2O4. The molecule has 140 valence electrons. The first-order valence-electron chi connectivity index (χ1n) is 8.23. The van der Waals surface area contributed by atoms with Crippen molar-refractivity contribution in [3.05, 3.63) is 58.1 Å². The molecule has 0 saturated carbocycles. The molecule has 0 radical (unpaired) electrons. The number of benzene rings is 2. The molecule has 2 rings (SSSR count). The standard InChI is InChI=1S/C20H22Cl2O4/c1-3-5-15-8-9-17(19(14-15)23-2)25-12-10-24-11-13-26-18-7-4-6-16(21)20(18)22/h3-9,14H,10-13H2,1-2H3. The van der Waals surface area contributed by atoms with Crippen molar-refractivity contribution in [1.82, 2.24) is 0 Å². The highest BCUT2D eigenvalue weighted by Crippen LogP contribution is 2.31. The lowest BCUT2D eigenvalue weighted by Crippen LogP contribution is -2.12. The van der Waals surface area contributed by atoms with Gasteiger partial charge in [-0.2, -0.15) is 0 Å². The van der Waals surface area contributed by atoms with Crippen molar-refractivity contribution in [1.29, 1.82) is 0 Å². The molecule has 0 aliphatic carbocycles. The van der Waals surface area contributed by atoms with Crippen LogP contribution in [0.4, 0.5) is 0 Å². The van der Waals surface area contributed by atoms with Crippen LogP contribution in [0.3, 0.4) is 0 Å². The van der Waals surface area contributed by atoms with Crippen LogP contribution in [0, 0.1) is 0 Å². The number of hydrogen-bond donors (Lipinski definition) is 0. The monoisotopic (exact) mass is 396 g/mol. The van der Waals surface area contributed by atoms with E-state index in [0.717, 1.165) is 5.56 Å². The molecule has 0 bridgehead atoms. The third-order valence-corrected chi connectivity index (χ3v) is 4.23. The van der Waals surface area contributed by atoms with Crippen molar-refractivity contribution in [2.45, 2.75) is 6.92 Å². The number of rotatable bonds is 10. The summed E-state index contributed by atoms with van der Waals surface area (Å²) in [5, 5.41) is 0.874. The predicted molar refractivity (Wildman–Crippen MR) is 106 cm³/mol. The Bertz CT molecular complexity index is 732. The van der Waals surface area contributed by atoms with Crippen LogP contribution >= 0.6 is 23.2 Å². The molecule has 0 saturated heterocycles. The highest BCUT2D eigenvalue weighted by atomic mass is 35.5. The molecule has 0 spiro atoms. The van der Waals surface area contributed by atoms with Gasteiger partial charge in [-0.25, -0.2) is 0 Å². The first-order chi connectivity index (χ1) is 12.7. The zero-order valence-electron chi connectivity index (χ0n) is 14.8. The first-order valence-corrected chi connectivity index (χ1v) is 8.99. The van der Waals surface area contributed by atoms with E-state index >= 15 is 0 Å². The average Bonchev–Trinajstić information content (AvgIpc) is 2.65. The Hall–Kier alpha value is -1.88. The molecule has 26 heavy (non-hydrogen) atoms. The molecule has 6 heteroatoms. The quantitative estimate of drug-likeness (QED) is 0.496. The van der Waals surface area contributed by atoms with Crippen LogP contribution in [0.2, 0.25) is 10.0 Å². The maximum atomic E-state index is 6.05. The van der Waals surface area contributed by atoms with Crippen molar-refractivity contribution in [3.63, 3.8) is 0 Å². The molecule has 0 N–H and O–H groups in total. The summed E-state index contributed by atoms with van der Waals surface area (Å²) in [4.78, 5) is 0. The molecule has 0 atom stereocenters. The van der Waals surface area contributed by atoms with E-state index in [0.29, 0.717) is 53.7 Å². The highest BCUT2D eigenvalue weighted by molar-refractivity contribution is 6.42. The predicted octanol–water partition coefficient (Wildman–Crippen LogP) is 5.51. The number of ether oxygens (including phenoxy) is 4. The maximum Gasteiger partial charge on any atom is 0.161 e. The molecule has 0 fully saturated rings. The summed E-state index contributed by atoms with van der Waals surface area (Å²) in [5.74, 6) is 1.93. The van der Waals surface area contributed by atoms with Gasteiger partial charge in [0.05, 0.1) is 25.3 Å².